The normalized spacial score (nSPS) is 10.8. The van der Waals surface area contributed by atoms with Crippen molar-refractivity contribution in [3.8, 4) is 28.7 Å². The average molecular weight is 413 g/mol. The summed E-state index contributed by atoms with van der Waals surface area (Å²) in [5.41, 5.74) is 1.98. The maximum Gasteiger partial charge on any atom is 0.251 e. The minimum atomic E-state index is -0.329. The predicted octanol–water partition coefficient (Wildman–Crippen LogP) is 3.43. The summed E-state index contributed by atoms with van der Waals surface area (Å²) in [7, 11) is 1.52. The lowest BCUT2D eigenvalue weighted by Gasteiger charge is -2.11. The SMILES string of the molecule is COc1cccc(-c2cc(=O)[nH]c(-c3cc(CNC(=O)C(C)C)ccc3Cl)n2)n1. The number of nitrogens with zero attached hydrogens (tertiary/aromatic N) is 2. The van der Waals surface area contributed by atoms with Crippen LogP contribution in [0.1, 0.15) is 19.4 Å². The number of aromatic nitrogens is 3. The van der Waals surface area contributed by atoms with Crippen molar-refractivity contribution in [1.29, 1.82) is 0 Å². The Morgan fingerprint density at radius 1 is 1.17 bits per heavy atom. The van der Waals surface area contributed by atoms with Crippen LogP contribution in [0.4, 0.5) is 0 Å². The molecule has 0 bridgehead atoms. The second kappa shape index (κ2) is 8.87. The van der Waals surface area contributed by atoms with Gasteiger partial charge in [-0.25, -0.2) is 9.97 Å². The zero-order chi connectivity index (χ0) is 21.0. The van der Waals surface area contributed by atoms with Crippen molar-refractivity contribution >= 4 is 17.5 Å². The van der Waals surface area contributed by atoms with Crippen molar-refractivity contribution in [2.24, 2.45) is 5.92 Å². The highest BCUT2D eigenvalue weighted by Gasteiger charge is 2.13. The summed E-state index contributed by atoms with van der Waals surface area (Å²) >= 11 is 6.36. The van der Waals surface area contributed by atoms with Gasteiger partial charge in [-0.1, -0.05) is 37.6 Å². The van der Waals surface area contributed by atoms with Crippen molar-refractivity contribution in [3.63, 3.8) is 0 Å². The van der Waals surface area contributed by atoms with Crippen LogP contribution in [0, 0.1) is 5.92 Å². The molecular weight excluding hydrogens is 392 g/mol. The summed E-state index contributed by atoms with van der Waals surface area (Å²) in [5, 5.41) is 3.29. The lowest BCUT2D eigenvalue weighted by molar-refractivity contribution is -0.124. The standard InChI is InChI=1S/C21H21ClN4O3/c1-12(2)21(28)23-11-13-7-8-15(22)14(9-13)20-25-17(10-18(27)26-20)16-5-4-6-19(24-16)29-3/h4-10,12H,11H2,1-3H3,(H,23,28)(H,25,26,27). The largest absolute Gasteiger partial charge is 0.481 e. The Bertz CT molecular complexity index is 1100. The highest BCUT2D eigenvalue weighted by molar-refractivity contribution is 6.33. The molecule has 7 nitrogen and oxygen atoms in total. The zero-order valence-electron chi connectivity index (χ0n) is 16.3. The number of amides is 1. The molecule has 0 aliphatic heterocycles. The Labute approximate surface area is 173 Å². The Morgan fingerprint density at radius 2 is 1.97 bits per heavy atom. The Balaban J connectivity index is 1.98. The average Bonchev–Trinajstić information content (AvgIpc) is 2.72. The maximum absolute atomic E-state index is 12.2. The topological polar surface area (TPSA) is 97.0 Å². The monoisotopic (exact) mass is 412 g/mol. The molecule has 3 rings (SSSR count). The molecule has 2 heterocycles. The molecule has 0 fully saturated rings. The highest BCUT2D eigenvalue weighted by atomic mass is 35.5. The summed E-state index contributed by atoms with van der Waals surface area (Å²) in [5.74, 6) is 0.595. The Morgan fingerprint density at radius 3 is 2.69 bits per heavy atom. The second-order valence-electron chi connectivity index (χ2n) is 6.73. The third kappa shape index (κ3) is 5.00. The smallest absolute Gasteiger partial charge is 0.251 e. The fourth-order valence-electron chi connectivity index (χ4n) is 2.64. The van der Waals surface area contributed by atoms with Gasteiger partial charge in [0.2, 0.25) is 11.8 Å². The summed E-state index contributed by atoms with van der Waals surface area (Å²) in [6.45, 7) is 4.01. The third-order valence-electron chi connectivity index (χ3n) is 4.21. The Hall–Kier alpha value is -3.19. The molecule has 0 aliphatic carbocycles. The van der Waals surface area contributed by atoms with E-state index >= 15 is 0 Å². The molecule has 3 aromatic rings. The van der Waals surface area contributed by atoms with E-state index in [4.69, 9.17) is 16.3 Å². The van der Waals surface area contributed by atoms with Gasteiger partial charge >= 0.3 is 0 Å². The number of rotatable bonds is 6. The molecule has 2 N–H and O–H groups in total. The van der Waals surface area contributed by atoms with Crippen LogP contribution in [0.3, 0.4) is 0 Å². The van der Waals surface area contributed by atoms with Crippen molar-refractivity contribution in [1.82, 2.24) is 20.3 Å². The number of carbonyl (C=O) groups excluding carboxylic acids is 1. The molecule has 0 saturated carbocycles. The van der Waals surface area contributed by atoms with Gasteiger partial charge in [0.1, 0.15) is 5.82 Å². The molecule has 8 heteroatoms. The number of carbonyl (C=O) groups is 1. The van der Waals surface area contributed by atoms with Gasteiger partial charge in [-0.15, -0.1) is 0 Å². The van der Waals surface area contributed by atoms with Gasteiger partial charge in [-0.3, -0.25) is 9.59 Å². The van der Waals surface area contributed by atoms with E-state index < -0.39 is 0 Å². The number of ether oxygens (including phenoxy) is 1. The van der Waals surface area contributed by atoms with Gasteiger partial charge in [-0.2, -0.15) is 0 Å². The number of aromatic amines is 1. The van der Waals surface area contributed by atoms with Crippen LogP contribution < -0.4 is 15.6 Å². The fourth-order valence-corrected chi connectivity index (χ4v) is 2.85. The van der Waals surface area contributed by atoms with E-state index in [2.05, 4.69) is 20.3 Å². The highest BCUT2D eigenvalue weighted by Crippen LogP contribution is 2.27. The summed E-state index contributed by atoms with van der Waals surface area (Å²) < 4.78 is 5.14. The molecular formula is C21H21ClN4O3. The van der Waals surface area contributed by atoms with E-state index in [0.717, 1.165) is 5.56 Å². The zero-order valence-corrected chi connectivity index (χ0v) is 17.1. The lowest BCUT2D eigenvalue weighted by Crippen LogP contribution is -2.27. The van der Waals surface area contributed by atoms with Crippen molar-refractivity contribution in [2.75, 3.05) is 7.11 Å². The molecule has 2 aromatic heterocycles. The van der Waals surface area contributed by atoms with Gasteiger partial charge in [0.25, 0.3) is 5.56 Å². The molecule has 150 valence electrons. The molecule has 0 radical (unpaired) electrons. The summed E-state index contributed by atoms with van der Waals surface area (Å²) in [4.78, 5) is 35.6. The van der Waals surface area contributed by atoms with Gasteiger partial charge in [0, 0.05) is 30.2 Å². The van der Waals surface area contributed by atoms with Crippen LogP contribution >= 0.6 is 11.6 Å². The van der Waals surface area contributed by atoms with Gasteiger partial charge < -0.3 is 15.0 Å². The van der Waals surface area contributed by atoms with Gasteiger partial charge in [0.15, 0.2) is 0 Å². The first kappa shape index (κ1) is 20.5. The number of halogens is 1. The van der Waals surface area contributed by atoms with Crippen molar-refractivity contribution in [2.45, 2.75) is 20.4 Å². The maximum atomic E-state index is 12.2. The number of H-pyrrole nitrogens is 1. The van der Waals surface area contributed by atoms with E-state index in [-0.39, 0.29) is 17.4 Å². The number of methoxy groups -OCH3 is 1. The third-order valence-corrected chi connectivity index (χ3v) is 4.54. The molecule has 29 heavy (non-hydrogen) atoms. The van der Waals surface area contributed by atoms with Crippen LogP contribution in [0.25, 0.3) is 22.8 Å². The van der Waals surface area contributed by atoms with E-state index in [0.29, 0.717) is 40.2 Å². The van der Waals surface area contributed by atoms with Crippen LogP contribution in [-0.2, 0) is 11.3 Å². The van der Waals surface area contributed by atoms with Crippen molar-refractivity contribution < 1.29 is 9.53 Å². The number of hydrogen-bond donors (Lipinski definition) is 2. The van der Waals surface area contributed by atoms with Gasteiger partial charge in [0.05, 0.1) is 23.5 Å². The molecule has 1 amide bonds. The van der Waals surface area contributed by atoms with E-state index in [1.807, 2.05) is 19.9 Å². The molecule has 0 atom stereocenters. The lowest BCUT2D eigenvalue weighted by atomic mass is 10.1. The molecule has 0 saturated heterocycles. The number of nitrogens with one attached hydrogen (secondary N) is 2. The fraction of sp³-hybridized carbons (Fsp3) is 0.238. The van der Waals surface area contributed by atoms with Crippen LogP contribution in [-0.4, -0.2) is 28.0 Å². The molecule has 0 unspecified atom stereocenters. The molecule has 1 aromatic carbocycles. The first-order valence-corrected chi connectivity index (χ1v) is 9.44. The molecule has 0 spiro atoms. The quantitative estimate of drug-likeness (QED) is 0.646. The van der Waals surface area contributed by atoms with E-state index in [1.165, 1.54) is 13.2 Å². The first-order chi connectivity index (χ1) is 13.9. The van der Waals surface area contributed by atoms with E-state index in [1.54, 1.807) is 30.3 Å². The molecule has 0 aliphatic rings. The minimum Gasteiger partial charge on any atom is -0.481 e. The van der Waals surface area contributed by atoms with Crippen LogP contribution in [0.15, 0.2) is 47.3 Å². The first-order valence-electron chi connectivity index (χ1n) is 9.06. The Kier molecular flexibility index (Phi) is 6.29. The summed E-state index contributed by atoms with van der Waals surface area (Å²) in [6, 6.07) is 11.9. The van der Waals surface area contributed by atoms with Gasteiger partial charge in [-0.05, 0) is 23.8 Å². The number of hydrogen-bond acceptors (Lipinski definition) is 5. The summed E-state index contributed by atoms with van der Waals surface area (Å²) in [6.07, 6.45) is 0. The number of pyridine rings is 1. The second-order valence-corrected chi connectivity index (χ2v) is 7.14. The van der Waals surface area contributed by atoms with Crippen molar-refractivity contribution in [3.05, 3.63) is 63.4 Å². The van der Waals surface area contributed by atoms with Crippen LogP contribution in [0.2, 0.25) is 5.02 Å². The predicted molar refractivity (Wildman–Crippen MR) is 112 cm³/mol. The minimum absolute atomic E-state index is 0.0425. The number of benzene rings is 1. The van der Waals surface area contributed by atoms with Crippen LogP contribution in [0.5, 0.6) is 5.88 Å². The van der Waals surface area contributed by atoms with E-state index in [9.17, 15) is 9.59 Å².